The molecule has 0 spiro atoms. The van der Waals surface area contributed by atoms with Crippen molar-refractivity contribution in [2.24, 2.45) is 4.99 Å². The number of H-pyrrole nitrogens is 1. The Labute approximate surface area is 245 Å². The fourth-order valence-electron chi connectivity index (χ4n) is 4.45. The average molecular weight is 603 g/mol. The Morgan fingerprint density at radius 2 is 2.00 bits per heavy atom. The van der Waals surface area contributed by atoms with Crippen molar-refractivity contribution >= 4 is 52.2 Å². The molecule has 206 valence electrons. The van der Waals surface area contributed by atoms with Crippen molar-refractivity contribution in [3.63, 3.8) is 0 Å². The second kappa shape index (κ2) is 11.3. The molecule has 0 bridgehead atoms. The van der Waals surface area contributed by atoms with Gasteiger partial charge < -0.3 is 14.1 Å². The van der Waals surface area contributed by atoms with E-state index in [2.05, 4.69) is 9.97 Å². The number of fused-ring (bicyclic) bond motifs is 1. The van der Waals surface area contributed by atoms with Gasteiger partial charge in [-0.2, -0.15) is 0 Å². The minimum Gasteiger partial charge on any atom is -0.463 e. The standard InChI is InChI=1S/C29H22N4O5S3/c1-3-37-27(36)23-24(17-8-5-4-6-9-17)32-29-33(25(23)19-10-7-13-39-19)26(35)20(40-29)15-18-11-12-22(38-18)41-28-30-16(2)14-21(34)31-28/h4-15,25H,3H2,1-2H3,(H,30,31,34)/b20-15+/t25-/m1/s1. The molecular weight excluding hydrogens is 581 g/mol. The number of aromatic amines is 1. The Balaban J connectivity index is 1.48. The summed E-state index contributed by atoms with van der Waals surface area (Å²) in [4.78, 5) is 52.2. The quantitative estimate of drug-likeness (QED) is 0.220. The fraction of sp³-hybridized carbons (Fsp3) is 0.138. The topological polar surface area (TPSA) is 120 Å². The Hall–Kier alpha value is -4.26. The van der Waals surface area contributed by atoms with Gasteiger partial charge >= 0.3 is 5.97 Å². The Morgan fingerprint density at radius 1 is 1.17 bits per heavy atom. The highest BCUT2D eigenvalue weighted by Crippen LogP contribution is 2.36. The number of thiazole rings is 1. The summed E-state index contributed by atoms with van der Waals surface area (Å²) in [7, 11) is 0. The number of carbonyl (C=O) groups excluding carboxylic acids is 1. The number of aromatic nitrogens is 3. The second-order valence-electron chi connectivity index (χ2n) is 8.90. The first-order chi connectivity index (χ1) is 19.9. The van der Waals surface area contributed by atoms with Crippen LogP contribution in [0, 0.1) is 6.92 Å². The van der Waals surface area contributed by atoms with Gasteiger partial charge in [-0.1, -0.05) is 47.7 Å². The summed E-state index contributed by atoms with van der Waals surface area (Å²) < 4.78 is 13.4. The zero-order valence-electron chi connectivity index (χ0n) is 21.8. The van der Waals surface area contributed by atoms with Crippen LogP contribution in [-0.4, -0.2) is 27.1 Å². The summed E-state index contributed by atoms with van der Waals surface area (Å²) >= 11 is 3.85. The highest BCUT2D eigenvalue weighted by atomic mass is 32.2. The molecule has 1 aliphatic rings. The third-order valence-electron chi connectivity index (χ3n) is 6.11. The van der Waals surface area contributed by atoms with Gasteiger partial charge in [-0.3, -0.25) is 14.2 Å². The average Bonchev–Trinajstić information content (AvgIpc) is 3.70. The van der Waals surface area contributed by atoms with Crippen LogP contribution in [0.25, 0.3) is 11.8 Å². The lowest BCUT2D eigenvalue weighted by molar-refractivity contribution is -0.138. The van der Waals surface area contributed by atoms with Gasteiger partial charge in [0.15, 0.2) is 15.1 Å². The zero-order chi connectivity index (χ0) is 28.5. The summed E-state index contributed by atoms with van der Waals surface area (Å²) in [6.45, 7) is 3.68. The Kier molecular flexibility index (Phi) is 7.43. The van der Waals surface area contributed by atoms with Gasteiger partial charge in [0.1, 0.15) is 11.8 Å². The number of hydrogen-bond acceptors (Lipinski definition) is 10. The largest absolute Gasteiger partial charge is 0.463 e. The van der Waals surface area contributed by atoms with Crippen molar-refractivity contribution in [2.75, 3.05) is 6.61 Å². The number of carbonyl (C=O) groups is 1. The number of aryl methyl sites for hydroxylation is 1. The van der Waals surface area contributed by atoms with Crippen molar-refractivity contribution in [3.8, 4) is 0 Å². The van der Waals surface area contributed by atoms with Crippen LogP contribution in [0.3, 0.4) is 0 Å². The minimum absolute atomic E-state index is 0.191. The Bertz CT molecular complexity index is 2020. The molecule has 1 atom stereocenters. The maximum atomic E-state index is 13.9. The predicted octanol–water partition coefficient (Wildman–Crippen LogP) is 4.13. The lowest BCUT2D eigenvalue weighted by Gasteiger charge is -2.24. The van der Waals surface area contributed by atoms with E-state index in [0.717, 1.165) is 10.4 Å². The number of hydrogen-bond donors (Lipinski definition) is 1. The number of esters is 1. The van der Waals surface area contributed by atoms with Crippen molar-refractivity contribution in [3.05, 3.63) is 124 Å². The molecule has 12 heteroatoms. The van der Waals surface area contributed by atoms with Crippen LogP contribution in [0.2, 0.25) is 0 Å². The van der Waals surface area contributed by atoms with Gasteiger partial charge in [0.05, 0.1) is 22.4 Å². The number of furan rings is 1. The van der Waals surface area contributed by atoms with Crippen LogP contribution >= 0.6 is 34.4 Å². The van der Waals surface area contributed by atoms with Crippen LogP contribution in [0.4, 0.5) is 0 Å². The molecule has 0 saturated heterocycles. The summed E-state index contributed by atoms with van der Waals surface area (Å²) in [6, 6.07) is 17.4. The molecule has 0 unspecified atom stereocenters. The Morgan fingerprint density at radius 3 is 2.73 bits per heavy atom. The number of rotatable bonds is 7. The van der Waals surface area contributed by atoms with Gasteiger partial charge in [0.2, 0.25) is 0 Å². The van der Waals surface area contributed by atoms with E-state index in [4.69, 9.17) is 14.1 Å². The minimum atomic E-state index is -0.699. The first-order valence-electron chi connectivity index (χ1n) is 12.6. The number of nitrogens with one attached hydrogen (secondary N) is 1. The number of nitrogens with zero attached hydrogens (tertiary/aromatic N) is 3. The van der Waals surface area contributed by atoms with Crippen molar-refractivity contribution in [2.45, 2.75) is 30.1 Å². The maximum absolute atomic E-state index is 13.9. The summed E-state index contributed by atoms with van der Waals surface area (Å²) in [5.74, 6) is -0.0633. The third kappa shape index (κ3) is 5.41. The molecule has 0 fully saturated rings. The van der Waals surface area contributed by atoms with E-state index < -0.39 is 12.0 Å². The maximum Gasteiger partial charge on any atom is 0.338 e. The molecule has 0 aliphatic carbocycles. The molecular formula is C29H22N4O5S3. The molecule has 0 amide bonds. The van der Waals surface area contributed by atoms with E-state index in [-0.39, 0.29) is 17.7 Å². The summed E-state index contributed by atoms with van der Waals surface area (Å²) in [5, 5.41) is 2.82. The van der Waals surface area contributed by atoms with Gasteiger partial charge in [-0.05, 0) is 49.2 Å². The SMILES string of the molecule is CCOC(=O)C1=C(c2ccccc2)N=c2s/c(=C/c3ccc(Sc4nc(C)cc(=O)[nH]4)o3)c(=O)n2[C@@H]1c1cccs1. The van der Waals surface area contributed by atoms with Crippen LogP contribution < -0.4 is 20.5 Å². The van der Waals surface area contributed by atoms with Gasteiger partial charge in [0, 0.05) is 28.3 Å². The highest BCUT2D eigenvalue weighted by molar-refractivity contribution is 7.99. The predicted molar refractivity (Wildman–Crippen MR) is 158 cm³/mol. The zero-order valence-corrected chi connectivity index (χ0v) is 24.3. The molecule has 41 heavy (non-hydrogen) atoms. The number of thiophene rings is 1. The van der Waals surface area contributed by atoms with E-state index in [1.54, 1.807) is 36.6 Å². The summed E-state index contributed by atoms with van der Waals surface area (Å²) in [6.07, 6.45) is 1.65. The first-order valence-corrected chi connectivity index (χ1v) is 15.1. The van der Waals surface area contributed by atoms with Gasteiger partial charge in [-0.25, -0.2) is 14.8 Å². The molecule has 9 nitrogen and oxygen atoms in total. The first kappa shape index (κ1) is 26.9. The third-order valence-corrected chi connectivity index (χ3v) is 8.82. The van der Waals surface area contributed by atoms with Crippen LogP contribution in [-0.2, 0) is 9.53 Å². The van der Waals surface area contributed by atoms with Gasteiger partial charge in [-0.15, -0.1) is 11.3 Å². The molecule has 1 N–H and O–H groups in total. The van der Waals surface area contributed by atoms with E-state index in [1.165, 1.54) is 40.5 Å². The number of benzene rings is 1. The van der Waals surface area contributed by atoms with Crippen molar-refractivity contribution in [1.29, 1.82) is 0 Å². The normalized spacial score (nSPS) is 15.1. The van der Waals surface area contributed by atoms with E-state index in [9.17, 15) is 14.4 Å². The van der Waals surface area contributed by atoms with Crippen LogP contribution in [0.15, 0.2) is 101 Å². The molecule has 5 aromatic rings. The lowest BCUT2D eigenvalue weighted by Crippen LogP contribution is -2.39. The monoisotopic (exact) mass is 602 g/mol. The fourth-order valence-corrected chi connectivity index (χ4v) is 7.06. The van der Waals surface area contributed by atoms with Crippen LogP contribution in [0.5, 0.6) is 0 Å². The lowest BCUT2D eigenvalue weighted by atomic mass is 9.97. The van der Waals surface area contributed by atoms with Crippen LogP contribution in [0.1, 0.15) is 34.9 Å². The van der Waals surface area contributed by atoms with Crippen molar-refractivity contribution < 1.29 is 13.9 Å². The molecule has 0 saturated carbocycles. The van der Waals surface area contributed by atoms with E-state index in [0.29, 0.717) is 42.3 Å². The van der Waals surface area contributed by atoms with E-state index >= 15 is 0 Å². The smallest absolute Gasteiger partial charge is 0.338 e. The van der Waals surface area contributed by atoms with Gasteiger partial charge in [0.25, 0.3) is 11.1 Å². The highest BCUT2D eigenvalue weighted by Gasteiger charge is 2.35. The summed E-state index contributed by atoms with van der Waals surface area (Å²) in [5.41, 5.74) is 1.61. The molecule has 1 aromatic carbocycles. The second-order valence-corrected chi connectivity index (χ2v) is 11.9. The molecule has 1 aliphatic heterocycles. The molecule has 0 radical (unpaired) electrons. The van der Waals surface area contributed by atoms with Crippen molar-refractivity contribution in [1.82, 2.24) is 14.5 Å². The number of ether oxygens (including phenoxy) is 1. The molecule has 4 aromatic heterocycles. The van der Waals surface area contributed by atoms with E-state index in [1.807, 2.05) is 47.8 Å². The molecule has 6 rings (SSSR count). The molecule has 5 heterocycles.